The lowest BCUT2D eigenvalue weighted by atomic mass is 10.1. The first-order chi connectivity index (χ1) is 15.5. The van der Waals surface area contributed by atoms with Crippen LogP contribution in [-0.2, 0) is 14.8 Å². The molecular formula is C23H17N3O3S3. The zero-order chi connectivity index (χ0) is 21.9. The largest absolute Gasteiger partial charge is 0.271 e. The fourth-order valence-electron chi connectivity index (χ4n) is 4.36. The topological polar surface area (TPSA) is 70.1 Å². The van der Waals surface area contributed by atoms with Gasteiger partial charge in [0.15, 0.2) is 0 Å². The number of hydrogen-bond acceptors (Lipinski definition) is 6. The van der Waals surface area contributed by atoms with Gasteiger partial charge < -0.3 is 0 Å². The van der Waals surface area contributed by atoms with Crippen LogP contribution in [0.15, 0.2) is 81.4 Å². The average molecular weight is 480 g/mol. The van der Waals surface area contributed by atoms with E-state index >= 15 is 0 Å². The highest BCUT2D eigenvalue weighted by Crippen LogP contribution is 2.42. The smallest absolute Gasteiger partial charge is 0.265 e. The van der Waals surface area contributed by atoms with Crippen LogP contribution in [0.1, 0.15) is 22.2 Å². The summed E-state index contributed by atoms with van der Waals surface area (Å²) in [4.78, 5) is 15.8. The molecule has 2 aromatic heterocycles. The van der Waals surface area contributed by atoms with Gasteiger partial charge in [0.1, 0.15) is 6.54 Å². The fourth-order valence-corrected chi connectivity index (χ4v) is 7.55. The summed E-state index contributed by atoms with van der Waals surface area (Å²) in [5, 5.41) is 11.6. The number of thiophene rings is 2. The number of amides is 1. The third-order valence-corrected chi connectivity index (χ3v) is 9.50. The van der Waals surface area contributed by atoms with E-state index in [9.17, 15) is 13.2 Å². The zero-order valence-electron chi connectivity index (χ0n) is 16.7. The summed E-state index contributed by atoms with van der Waals surface area (Å²) in [6.45, 7) is -0.292. The Morgan fingerprint density at radius 3 is 2.53 bits per heavy atom. The van der Waals surface area contributed by atoms with Crippen molar-refractivity contribution in [1.82, 2.24) is 5.01 Å². The van der Waals surface area contributed by atoms with E-state index < -0.39 is 10.0 Å². The van der Waals surface area contributed by atoms with Gasteiger partial charge in [0.2, 0.25) is 0 Å². The number of benzene rings is 2. The van der Waals surface area contributed by atoms with Crippen molar-refractivity contribution in [2.24, 2.45) is 5.10 Å². The summed E-state index contributed by atoms with van der Waals surface area (Å²) in [6, 6.07) is 18.3. The summed E-state index contributed by atoms with van der Waals surface area (Å²) in [5.41, 5.74) is 1.39. The highest BCUT2D eigenvalue weighted by atomic mass is 32.2. The second kappa shape index (κ2) is 7.26. The van der Waals surface area contributed by atoms with Crippen molar-refractivity contribution in [2.45, 2.75) is 17.4 Å². The Bertz CT molecular complexity index is 1470. The van der Waals surface area contributed by atoms with Crippen LogP contribution in [0.2, 0.25) is 0 Å². The molecule has 0 N–H and O–H groups in total. The lowest BCUT2D eigenvalue weighted by Crippen LogP contribution is -2.39. The highest BCUT2D eigenvalue weighted by molar-refractivity contribution is 7.93. The maximum atomic E-state index is 13.5. The van der Waals surface area contributed by atoms with Crippen LogP contribution in [0.5, 0.6) is 0 Å². The molecule has 160 valence electrons. The molecule has 4 aromatic rings. The van der Waals surface area contributed by atoms with E-state index in [1.54, 1.807) is 40.9 Å². The highest BCUT2D eigenvalue weighted by Gasteiger charge is 2.40. The van der Waals surface area contributed by atoms with Crippen LogP contribution in [-0.4, -0.2) is 31.6 Å². The van der Waals surface area contributed by atoms with E-state index in [-0.39, 0.29) is 23.4 Å². The molecule has 6 nitrogen and oxygen atoms in total. The predicted molar refractivity (Wildman–Crippen MR) is 128 cm³/mol. The molecule has 9 heteroatoms. The lowest BCUT2D eigenvalue weighted by Gasteiger charge is -2.24. The molecule has 0 fully saturated rings. The third kappa shape index (κ3) is 2.92. The molecule has 32 heavy (non-hydrogen) atoms. The Balaban J connectivity index is 1.38. The van der Waals surface area contributed by atoms with Gasteiger partial charge in [-0.25, -0.2) is 13.4 Å². The molecule has 6 rings (SSSR count). The van der Waals surface area contributed by atoms with Crippen molar-refractivity contribution in [1.29, 1.82) is 0 Å². The zero-order valence-corrected chi connectivity index (χ0v) is 19.2. The van der Waals surface area contributed by atoms with Gasteiger partial charge in [-0.15, -0.1) is 22.7 Å². The summed E-state index contributed by atoms with van der Waals surface area (Å²) >= 11 is 3.16. The Hall–Kier alpha value is -3.01. The maximum Gasteiger partial charge on any atom is 0.265 e. The number of carbonyl (C=O) groups is 1. The molecule has 2 aliphatic heterocycles. The number of anilines is 1. The maximum absolute atomic E-state index is 13.5. The molecule has 0 spiro atoms. The Morgan fingerprint density at radius 1 is 1.00 bits per heavy atom. The molecule has 2 aromatic carbocycles. The van der Waals surface area contributed by atoms with Crippen molar-refractivity contribution in [3.8, 4) is 0 Å². The molecule has 0 aliphatic carbocycles. The van der Waals surface area contributed by atoms with Gasteiger partial charge in [0, 0.05) is 16.7 Å². The number of rotatable bonds is 4. The molecule has 4 heterocycles. The van der Waals surface area contributed by atoms with Crippen molar-refractivity contribution in [3.05, 3.63) is 81.2 Å². The molecule has 0 saturated carbocycles. The van der Waals surface area contributed by atoms with Crippen molar-refractivity contribution < 1.29 is 13.2 Å². The van der Waals surface area contributed by atoms with Crippen LogP contribution < -0.4 is 4.31 Å². The van der Waals surface area contributed by atoms with Crippen molar-refractivity contribution in [2.75, 3.05) is 10.8 Å². The fraction of sp³-hybridized carbons (Fsp3) is 0.130. The molecule has 0 bridgehead atoms. The van der Waals surface area contributed by atoms with E-state index in [4.69, 9.17) is 0 Å². The van der Waals surface area contributed by atoms with Crippen molar-refractivity contribution in [3.63, 3.8) is 0 Å². The lowest BCUT2D eigenvalue weighted by molar-refractivity contribution is -0.131. The van der Waals surface area contributed by atoms with Gasteiger partial charge in [0.05, 0.1) is 27.2 Å². The average Bonchev–Trinajstić information content (AvgIpc) is 3.57. The normalized spacial score (nSPS) is 19.0. The van der Waals surface area contributed by atoms with Crippen LogP contribution in [0.25, 0.3) is 10.8 Å². The number of carbonyl (C=O) groups excluding carboxylic acids is 1. The Labute approximate surface area is 193 Å². The van der Waals surface area contributed by atoms with E-state index in [0.29, 0.717) is 17.5 Å². The number of sulfonamides is 1. The minimum absolute atomic E-state index is 0.233. The number of hydrazone groups is 1. The Kier molecular flexibility index (Phi) is 4.46. The van der Waals surface area contributed by atoms with Gasteiger partial charge in [-0.2, -0.15) is 5.10 Å². The monoisotopic (exact) mass is 479 g/mol. The van der Waals surface area contributed by atoms with Gasteiger partial charge >= 0.3 is 0 Å². The quantitative estimate of drug-likeness (QED) is 0.420. The van der Waals surface area contributed by atoms with Gasteiger partial charge in [0.25, 0.3) is 15.9 Å². The van der Waals surface area contributed by atoms with Crippen LogP contribution in [0, 0.1) is 0 Å². The van der Waals surface area contributed by atoms with E-state index in [1.165, 1.54) is 9.31 Å². The van der Waals surface area contributed by atoms with E-state index in [0.717, 1.165) is 20.9 Å². The number of hydrogen-bond donors (Lipinski definition) is 0. The standard InChI is InChI=1S/C23H17N3O3S3/c27-22(14-25-17-7-1-5-15-6-2-10-21(23(15)17)32(25,28)29)26-18(20-9-4-12-31-20)13-16(24-26)19-8-3-11-30-19/h1-12,18H,13-14H2/t18-/m0/s1. The molecular weight excluding hydrogens is 462 g/mol. The van der Waals surface area contributed by atoms with Gasteiger partial charge in [-0.1, -0.05) is 36.4 Å². The molecule has 0 radical (unpaired) electrons. The van der Waals surface area contributed by atoms with Crippen LogP contribution in [0.4, 0.5) is 5.69 Å². The van der Waals surface area contributed by atoms with Gasteiger partial charge in [-0.3, -0.25) is 9.10 Å². The minimum atomic E-state index is -3.81. The molecule has 1 amide bonds. The van der Waals surface area contributed by atoms with Gasteiger partial charge in [-0.05, 0) is 40.4 Å². The summed E-state index contributed by atoms with van der Waals surface area (Å²) in [6.07, 6.45) is 0.606. The minimum Gasteiger partial charge on any atom is -0.271 e. The van der Waals surface area contributed by atoms with Crippen LogP contribution >= 0.6 is 22.7 Å². The Morgan fingerprint density at radius 2 is 1.78 bits per heavy atom. The van der Waals surface area contributed by atoms with E-state index in [1.807, 2.05) is 53.2 Å². The molecule has 2 aliphatic rings. The van der Waals surface area contributed by atoms with E-state index in [2.05, 4.69) is 5.10 Å². The third-order valence-electron chi connectivity index (χ3n) is 5.80. The van der Waals surface area contributed by atoms with Crippen LogP contribution in [0.3, 0.4) is 0 Å². The summed E-state index contributed by atoms with van der Waals surface area (Å²) < 4.78 is 27.8. The second-order valence-corrected chi connectivity index (χ2v) is 11.4. The second-order valence-electron chi connectivity index (χ2n) is 7.64. The first kappa shape index (κ1) is 19.7. The number of nitrogens with zero attached hydrogens (tertiary/aromatic N) is 3. The summed E-state index contributed by atoms with van der Waals surface area (Å²) in [7, 11) is -3.81. The predicted octanol–water partition coefficient (Wildman–Crippen LogP) is 4.85. The molecule has 0 unspecified atom stereocenters. The first-order valence-electron chi connectivity index (χ1n) is 10.1. The SMILES string of the molecule is O=C(CN1c2cccc3cccc(c23)S1(=O)=O)N1N=C(c2cccs2)C[C@H]1c1cccs1. The molecule has 1 atom stereocenters. The molecule has 0 saturated heterocycles. The van der Waals surface area contributed by atoms with Crippen molar-refractivity contribution >= 4 is 60.8 Å². The first-order valence-corrected chi connectivity index (χ1v) is 13.3. The summed E-state index contributed by atoms with van der Waals surface area (Å²) in [5.74, 6) is -0.344.